The first-order valence-corrected chi connectivity index (χ1v) is 10.2. The van der Waals surface area contributed by atoms with E-state index in [1.807, 2.05) is 54.6 Å². The molecule has 4 rings (SSSR count). The SMILES string of the molecule is COc1ccc([C@@H]2CC(c3ccccc3O)=NN2C(=O)/C=C/c2ccccc2)cc1OC. The third-order valence-corrected chi connectivity index (χ3v) is 5.36. The molecule has 1 aliphatic heterocycles. The van der Waals surface area contributed by atoms with Crippen molar-refractivity contribution in [3.63, 3.8) is 0 Å². The van der Waals surface area contributed by atoms with E-state index in [2.05, 4.69) is 5.10 Å². The highest BCUT2D eigenvalue weighted by atomic mass is 16.5. The second kappa shape index (κ2) is 9.39. The lowest BCUT2D eigenvalue weighted by atomic mass is 9.97. The molecule has 0 unspecified atom stereocenters. The smallest absolute Gasteiger partial charge is 0.267 e. The van der Waals surface area contributed by atoms with E-state index in [1.54, 1.807) is 38.5 Å². The Kier molecular flexibility index (Phi) is 6.22. The maximum Gasteiger partial charge on any atom is 0.267 e. The van der Waals surface area contributed by atoms with Crippen molar-refractivity contribution in [1.29, 1.82) is 0 Å². The van der Waals surface area contributed by atoms with Gasteiger partial charge < -0.3 is 14.6 Å². The molecular formula is C26H24N2O4. The second-order valence-electron chi connectivity index (χ2n) is 7.33. The highest BCUT2D eigenvalue weighted by Gasteiger charge is 2.33. The number of phenols is 1. The summed E-state index contributed by atoms with van der Waals surface area (Å²) in [5, 5.41) is 16.4. The molecule has 1 atom stereocenters. The maximum absolute atomic E-state index is 13.2. The highest BCUT2D eigenvalue weighted by Crippen LogP contribution is 2.38. The quantitative estimate of drug-likeness (QED) is 0.573. The lowest BCUT2D eigenvalue weighted by Crippen LogP contribution is -2.25. The average Bonchev–Trinajstić information content (AvgIpc) is 3.28. The van der Waals surface area contributed by atoms with Gasteiger partial charge in [-0.25, -0.2) is 5.01 Å². The maximum atomic E-state index is 13.2. The predicted octanol–water partition coefficient (Wildman–Crippen LogP) is 4.80. The molecule has 1 amide bonds. The van der Waals surface area contributed by atoms with Crippen LogP contribution in [0, 0.1) is 0 Å². The van der Waals surface area contributed by atoms with Crippen LogP contribution < -0.4 is 9.47 Å². The Bertz CT molecular complexity index is 1170. The number of carbonyl (C=O) groups excluding carboxylic acids is 1. The van der Waals surface area contributed by atoms with Crippen LogP contribution >= 0.6 is 0 Å². The number of amides is 1. The van der Waals surface area contributed by atoms with Crippen molar-refractivity contribution in [2.24, 2.45) is 5.10 Å². The minimum absolute atomic E-state index is 0.131. The Hall–Kier alpha value is -4.06. The molecule has 6 nitrogen and oxygen atoms in total. The summed E-state index contributed by atoms with van der Waals surface area (Å²) in [5.74, 6) is 1.07. The molecule has 0 aliphatic carbocycles. The van der Waals surface area contributed by atoms with Crippen molar-refractivity contribution >= 4 is 17.7 Å². The number of aromatic hydroxyl groups is 1. The van der Waals surface area contributed by atoms with Crippen LogP contribution in [0.1, 0.15) is 29.2 Å². The molecule has 1 heterocycles. The van der Waals surface area contributed by atoms with Crippen molar-refractivity contribution < 1.29 is 19.4 Å². The van der Waals surface area contributed by atoms with Gasteiger partial charge in [-0.15, -0.1) is 0 Å². The topological polar surface area (TPSA) is 71.4 Å². The molecule has 0 aromatic heterocycles. The van der Waals surface area contributed by atoms with Gasteiger partial charge in [-0.1, -0.05) is 48.5 Å². The number of hydrazone groups is 1. The van der Waals surface area contributed by atoms with Crippen LogP contribution in [0.15, 0.2) is 84.0 Å². The first kappa shape index (κ1) is 21.2. The monoisotopic (exact) mass is 428 g/mol. The number of methoxy groups -OCH3 is 2. The number of hydrogen-bond acceptors (Lipinski definition) is 5. The molecular weight excluding hydrogens is 404 g/mol. The molecule has 32 heavy (non-hydrogen) atoms. The minimum atomic E-state index is -0.350. The van der Waals surface area contributed by atoms with E-state index in [0.29, 0.717) is 29.2 Å². The molecule has 1 N–H and O–H groups in total. The Morgan fingerprint density at radius 3 is 2.44 bits per heavy atom. The van der Waals surface area contributed by atoms with Gasteiger partial charge in [-0.2, -0.15) is 5.10 Å². The number of nitrogens with zero attached hydrogens (tertiary/aromatic N) is 2. The second-order valence-corrected chi connectivity index (χ2v) is 7.33. The summed E-state index contributed by atoms with van der Waals surface area (Å²) < 4.78 is 10.8. The Labute approximate surface area is 187 Å². The standard InChI is InChI=1S/C26H24N2O4/c1-31-24-14-13-19(16-25(24)32-2)22-17-21(20-10-6-7-11-23(20)29)27-28(22)26(30)15-12-18-8-4-3-5-9-18/h3-16,22,29H,17H2,1-2H3/b15-12+/t22-/m0/s1. The summed E-state index contributed by atoms with van der Waals surface area (Å²) in [6.45, 7) is 0. The van der Waals surface area contributed by atoms with Crippen molar-refractivity contribution in [3.05, 3.63) is 95.6 Å². The van der Waals surface area contributed by atoms with Crippen LogP contribution in [0.3, 0.4) is 0 Å². The minimum Gasteiger partial charge on any atom is -0.507 e. The third kappa shape index (κ3) is 4.34. The fraction of sp³-hybridized carbons (Fsp3) is 0.154. The van der Waals surface area contributed by atoms with Gasteiger partial charge >= 0.3 is 0 Å². The van der Waals surface area contributed by atoms with E-state index >= 15 is 0 Å². The summed E-state index contributed by atoms with van der Waals surface area (Å²) in [6.07, 6.45) is 3.74. The van der Waals surface area contributed by atoms with Crippen LogP contribution in [-0.4, -0.2) is 36.0 Å². The molecule has 0 saturated heterocycles. The Morgan fingerprint density at radius 1 is 1.00 bits per heavy atom. The molecule has 0 bridgehead atoms. The molecule has 162 valence electrons. The lowest BCUT2D eigenvalue weighted by molar-refractivity contribution is -0.127. The van der Waals surface area contributed by atoms with Crippen molar-refractivity contribution in [3.8, 4) is 17.2 Å². The normalized spacial score (nSPS) is 15.6. The van der Waals surface area contributed by atoms with Gasteiger partial charge in [0.2, 0.25) is 0 Å². The Balaban J connectivity index is 1.70. The number of phenolic OH excluding ortho intramolecular Hbond substituents is 1. The Morgan fingerprint density at radius 2 is 1.72 bits per heavy atom. The highest BCUT2D eigenvalue weighted by molar-refractivity contribution is 6.06. The average molecular weight is 428 g/mol. The number of benzene rings is 3. The van der Waals surface area contributed by atoms with E-state index in [1.165, 1.54) is 11.1 Å². The first-order valence-electron chi connectivity index (χ1n) is 10.2. The van der Waals surface area contributed by atoms with Crippen LogP contribution in [0.2, 0.25) is 0 Å². The number of rotatable bonds is 6. The van der Waals surface area contributed by atoms with Crippen molar-refractivity contribution in [1.82, 2.24) is 5.01 Å². The van der Waals surface area contributed by atoms with Crippen LogP contribution in [0.4, 0.5) is 0 Å². The summed E-state index contributed by atoms with van der Waals surface area (Å²) in [7, 11) is 3.16. The van der Waals surface area contributed by atoms with Crippen LogP contribution in [-0.2, 0) is 4.79 Å². The van der Waals surface area contributed by atoms with E-state index < -0.39 is 0 Å². The molecule has 1 aliphatic rings. The molecule has 0 fully saturated rings. The van der Waals surface area contributed by atoms with Gasteiger partial charge in [0, 0.05) is 18.1 Å². The fourth-order valence-electron chi connectivity index (χ4n) is 3.72. The summed E-state index contributed by atoms with van der Waals surface area (Å²) >= 11 is 0. The van der Waals surface area contributed by atoms with Gasteiger partial charge in [0.15, 0.2) is 11.5 Å². The molecule has 0 spiro atoms. The zero-order valence-corrected chi connectivity index (χ0v) is 17.9. The van der Waals surface area contributed by atoms with Gasteiger partial charge in [-0.3, -0.25) is 4.79 Å². The lowest BCUT2D eigenvalue weighted by Gasteiger charge is -2.21. The zero-order valence-electron chi connectivity index (χ0n) is 17.9. The van der Waals surface area contributed by atoms with E-state index in [0.717, 1.165) is 11.1 Å². The van der Waals surface area contributed by atoms with E-state index in [9.17, 15) is 9.90 Å². The number of ether oxygens (including phenoxy) is 2. The van der Waals surface area contributed by atoms with Gasteiger partial charge in [0.1, 0.15) is 5.75 Å². The molecule has 6 heteroatoms. The fourth-order valence-corrected chi connectivity index (χ4v) is 3.72. The molecule has 3 aromatic rings. The molecule has 0 saturated carbocycles. The summed E-state index contributed by atoms with van der Waals surface area (Å²) in [5.41, 5.74) is 3.04. The predicted molar refractivity (Wildman–Crippen MR) is 124 cm³/mol. The van der Waals surface area contributed by atoms with E-state index in [-0.39, 0.29) is 17.7 Å². The summed E-state index contributed by atoms with van der Waals surface area (Å²) in [6, 6.07) is 21.8. The number of para-hydroxylation sites is 1. The molecule has 0 radical (unpaired) electrons. The zero-order chi connectivity index (χ0) is 22.5. The van der Waals surface area contributed by atoms with Crippen LogP contribution in [0.25, 0.3) is 6.08 Å². The molecule has 3 aromatic carbocycles. The van der Waals surface area contributed by atoms with Gasteiger partial charge in [0.05, 0.1) is 26.0 Å². The van der Waals surface area contributed by atoms with Crippen molar-refractivity contribution in [2.75, 3.05) is 14.2 Å². The van der Waals surface area contributed by atoms with Gasteiger partial charge in [-0.05, 0) is 41.5 Å². The summed E-state index contributed by atoms with van der Waals surface area (Å²) in [4.78, 5) is 13.2. The number of carbonyl (C=O) groups is 1. The number of hydrogen-bond donors (Lipinski definition) is 1. The van der Waals surface area contributed by atoms with Gasteiger partial charge in [0.25, 0.3) is 5.91 Å². The van der Waals surface area contributed by atoms with Crippen LogP contribution in [0.5, 0.6) is 17.2 Å². The van der Waals surface area contributed by atoms with E-state index in [4.69, 9.17) is 9.47 Å². The largest absolute Gasteiger partial charge is 0.507 e. The van der Waals surface area contributed by atoms with Crippen molar-refractivity contribution in [2.45, 2.75) is 12.5 Å². The third-order valence-electron chi connectivity index (χ3n) is 5.36. The first-order chi connectivity index (χ1) is 15.6.